The van der Waals surface area contributed by atoms with Crippen LogP contribution < -0.4 is 10.6 Å². The minimum Gasteiger partial charge on any atom is -0.384 e. The van der Waals surface area contributed by atoms with Crippen molar-refractivity contribution < 1.29 is 18.8 Å². The van der Waals surface area contributed by atoms with Crippen LogP contribution in [0.5, 0.6) is 0 Å². The molecule has 0 bridgehead atoms. The van der Waals surface area contributed by atoms with E-state index in [2.05, 4.69) is 15.8 Å². The van der Waals surface area contributed by atoms with Crippen LogP contribution in [-0.2, 0) is 12.0 Å². The Morgan fingerprint density at radius 3 is 2.54 bits per heavy atom. The van der Waals surface area contributed by atoms with Gasteiger partial charge in [0.2, 0.25) is 0 Å². The molecule has 3 N–H and O–H groups in total. The van der Waals surface area contributed by atoms with E-state index in [0.717, 1.165) is 17.0 Å². The van der Waals surface area contributed by atoms with Crippen LogP contribution in [0.25, 0.3) is 0 Å². The average molecular weight is 335 g/mol. The number of halogens is 1. The maximum absolute atomic E-state index is 12.9. The molecule has 7 heteroatoms. The van der Waals surface area contributed by atoms with Crippen LogP contribution in [0.15, 0.2) is 28.8 Å². The summed E-state index contributed by atoms with van der Waals surface area (Å²) in [6.07, 6.45) is 0.614. The van der Waals surface area contributed by atoms with E-state index in [0.29, 0.717) is 18.5 Å². The molecule has 2 amide bonds. The first-order chi connectivity index (χ1) is 11.3. The van der Waals surface area contributed by atoms with E-state index in [-0.39, 0.29) is 18.4 Å². The molecule has 1 aromatic heterocycles. The van der Waals surface area contributed by atoms with Gasteiger partial charge in [0.25, 0.3) is 0 Å². The summed E-state index contributed by atoms with van der Waals surface area (Å²) >= 11 is 0. The zero-order chi connectivity index (χ0) is 17.7. The highest BCUT2D eigenvalue weighted by Crippen LogP contribution is 2.19. The SMILES string of the molecule is Cc1noc(C)c1CCNC(=O)NCC(C)(O)c1ccc(F)cc1. The van der Waals surface area contributed by atoms with Crippen molar-refractivity contribution in [1.82, 2.24) is 15.8 Å². The summed E-state index contributed by atoms with van der Waals surface area (Å²) in [6.45, 7) is 5.68. The van der Waals surface area contributed by atoms with Crippen molar-refractivity contribution in [1.29, 1.82) is 0 Å². The fraction of sp³-hybridized carbons (Fsp3) is 0.412. The van der Waals surface area contributed by atoms with Gasteiger partial charge in [-0.2, -0.15) is 0 Å². The van der Waals surface area contributed by atoms with E-state index in [1.54, 1.807) is 6.92 Å². The van der Waals surface area contributed by atoms with E-state index < -0.39 is 5.60 Å². The fourth-order valence-corrected chi connectivity index (χ4v) is 2.39. The standard InChI is InChI=1S/C17H22FN3O3/c1-11-15(12(2)24-21-11)8-9-19-16(22)20-10-17(3,23)13-4-6-14(18)7-5-13/h4-7,23H,8-10H2,1-3H3,(H2,19,20,22). The minimum absolute atomic E-state index is 0.00971. The van der Waals surface area contributed by atoms with Crippen LogP contribution in [0.1, 0.15) is 29.5 Å². The first-order valence-electron chi connectivity index (χ1n) is 7.71. The number of amides is 2. The van der Waals surface area contributed by atoms with Crippen molar-refractivity contribution in [2.24, 2.45) is 0 Å². The summed E-state index contributed by atoms with van der Waals surface area (Å²) in [6, 6.07) is 5.14. The summed E-state index contributed by atoms with van der Waals surface area (Å²) < 4.78 is 18.0. The summed E-state index contributed by atoms with van der Waals surface area (Å²) in [7, 11) is 0. The van der Waals surface area contributed by atoms with Gasteiger partial charge in [0.1, 0.15) is 17.2 Å². The van der Waals surface area contributed by atoms with Gasteiger partial charge in [0.15, 0.2) is 0 Å². The molecule has 0 aliphatic carbocycles. The van der Waals surface area contributed by atoms with E-state index in [9.17, 15) is 14.3 Å². The highest BCUT2D eigenvalue weighted by molar-refractivity contribution is 5.73. The molecule has 0 spiro atoms. The third-order valence-corrected chi connectivity index (χ3v) is 3.90. The van der Waals surface area contributed by atoms with Gasteiger partial charge in [-0.15, -0.1) is 0 Å². The van der Waals surface area contributed by atoms with Gasteiger partial charge in [-0.3, -0.25) is 0 Å². The van der Waals surface area contributed by atoms with Crippen LogP contribution in [0.3, 0.4) is 0 Å². The van der Waals surface area contributed by atoms with Gasteiger partial charge in [-0.1, -0.05) is 17.3 Å². The Morgan fingerprint density at radius 2 is 1.96 bits per heavy atom. The number of urea groups is 1. The molecule has 0 saturated heterocycles. The third-order valence-electron chi connectivity index (χ3n) is 3.90. The second-order valence-electron chi connectivity index (χ2n) is 5.94. The van der Waals surface area contributed by atoms with Gasteiger partial charge < -0.3 is 20.3 Å². The first-order valence-corrected chi connectivity index (χ1v) is 7.71. The first kappa shape index (κ1) is 17.9. The molecule has 0 saturated carbocycles. The number of hydrogen-bond acceptors (Lipinski definition) is 4. The van der Waals surface area contributed by atoms with E-state index in [1.807, 2.05) is 13.8 Å². The topological polar surface area (TPSA) is 87.4 Å². The highest BCUT2D eigenvalue weighted by atomic mass is 19.1. The zero-order valence-electron chi connectivity index (χ0n) is 14.0. The molecule has 1 aromatic carbocycles. The van der Waals surface area contributed by atoms with Gasteiger partial charge in [-0.05, 0) is 44.9 Å². The van der Waals surface area contributed by atoms with Gasteiger partial charge >= 0.3 is 6.03 Å². The van der Waals surface area contributed by atoms with Crippen molar-refractivity contribution in [2.75, 3.05) is 13.1 Å². The second kappa shape index (κ2) is 7.44. The molecule has 0 radical (unpaired) electrons. The Bertz CT molecular complexity index is 676. The van der Waals surface area contributed by atoms with Crippen molar-refractivity contribution in [2.45, 2.75) is 32.8 Å². The molecule has 1 atom stereocenters. The molecule has 1 heterocycles. The quantitative estimate of drug-likeness (QED) is 0.755. The third kappa shape index (κ3) is 4.55. The molecule has 24 heavy (non-hydrogen) atoms. The predicted octanol–water partition coefficient (Wildman–Crippen LogP) is 2.18. The molecule has 2 rings (SSSR count). The van der Waals surface area contributed by atoms with E-state index >= 15 is 0 Å². The molecule has 0 fully saturated rings. The summed E-state index contributed by atoms with van der Waals surface area (Å²) in [5.74, 6) is 0.369. The number of nitrogens with zero attached hydrogens (tertiary/aromatic N) is 1. The van der Waals surface area contributed by atoms with Crippen molar-refractivity contribution in [3.8, 4) is 0 Å². The average Bonchev–Trinajstić information content (AvgIpc) is 2.85. The Balaban J connectivity index is 1.79. The van der Waals surface area contributed by atoms with Gasteiger partial charge in [0, 0.05) is 12.1 Å². The molecular weight excluding hydrogens is 313 g/mol. The number of carbonyl (C=O) groups excluding carboxylic acids is 1. The number of aliphatic hydroxyl groups is 1. The number of aromatic nitrogens is 1. The van der Waals surface area contributed by atoms with Crippen LogP contribution >= 0.6 is 0 Å². The fourth-order valence-electron chi connectivity index (χ4n) is 2.39. The number of carbonyl (C=O) groups is 1. The molecule has 6 nitrogen and oxygen atoms in total. The number of rotatable bonds is 6. The number of nitrogens with one attached hydrogen (secondary N) is 2. The molecule has 2 aromatic rings. The molecule has 130 valence electrons. The maximum atomic E-state index is 12.9. The monoisotopic (exact) mass is 335 g/mol. The number of aryl methyl sites for hydroxylation is 2. The number of hydrogen-bond donors (Lipinski definition) is 3. The van der Waals surface area contributed by atoms with Crippen LogP contribution in [0.2, 0.25) is 0 Å². The smallest absolute Gasteiger partial charge is 0.314 e. The van der Waals surface area contributed by atoms with Crippen LogP contribution in [0.4, 0.5) is 9.18 Å². The second-order valence-corrected chi connectivity index (χ2v) is 5.94. The molecule has 1 unspecified atom stereocenters. The molecular formula is C17H22FN3O3. The lowest BCUT2D eigenvalue weighted by atomic mass is 9.96. The molecule has 0 aliphatic heterocycles. The lowest BCUT2D eigenvalue weighted by Crippen LogP contribution is -2.44. The van der Waals surface area contributed by atoms with Crippen LogP contribution in [0, 0.1) is 19.7 Å². The largest absolute Gasteiger partial charge is 0.384 e. The summed E-state index contributed by atoms with van der Waals surface area (Å²) in [5, 5.41) is 19.6. The van der Waals surface area contributed by atoms with Gasteiger partial charge in [-0.25, -0.2) is 9.18 Å². The Labute approximate surface area is 140 Å². The van der Waals surface area contributed by atoms with E-state index in [1.165, 1.54) is 24.3 Å². The Kier molecular flexibility index (Phi) is 5.56. The Morgan fingerprint density at radius 1 is 1.29 bits per heavy atom. The Hall–Kier alpha value is -2.41. The van der Waals surface area contributed by atoms with Crippen molar-refractivity contribution in [3.63, 3.8) is 0 Å². The maximum Gasteiger partial charge on any atom is 0.314 e. The van der Waals surface area contributed by atoms with Crippen molar-refractivity contribution in [3.05, 3.63) is 52.7 Å². The normalized spacial score (nSPS) is 13.4. The highest BCUT2D eigenvalue weighted by Gasteiger charge is 2.23. The van der Waals surface area contributed by atoms with Gasteiger partial charge in [0.05, 0.1) is 12.2 Å². The summed E-state index contributed by atoms with van der Waals surface area (Å²) in [5.41, 5.74) is 1.04. The predicted molar refractivity (Wildman–Crippen MR) is 87.1 cm³/mol. The lowest BCUT2D eigenvalue weighted by Gasteiger charge is -2.24. The van der Waals surface area contributed by atoms with E-state index in [4.69, 9.17) is 4.52 Å². The van der Waals surface area contributed by atoms with Crippen LogP contribution in [-0.4, -0.2) is 29.4 Å². The minimum atomic E-state index is -1.29. The summed E-state index contributed by atoms with van der Waals surface area (Å²) in [4.78, 5) is 11.8. The molecule has 0 aliphatic rings. The zero-order valence-corrected chi connectivity index (χ0v) is 14.0. The number of benzene rings is 1. The lowest BCUT2D eigenvalue weighted by molar-refractivity contribution is 0.0593. The van der Waals surface area contributed by atoms with Crippen molar-refractivity contribution >= 4 is 6.03 Å².